The molecule has 3 aromatic heterocycles. The van der Waals surface area contributed by atoms with Crippen LogP contribution in [0.25, 0.3) is 22.4 Å². The Morgan fingerprint density at radius 3 is 2.81 bits per heavy atom. The summed E-state index contributed by atoms with van der Waals surface area (Å²) in [6.07, 6.45) is 4.66. The van der Waals surface area contributed by atoms with E-state index in [-0.39, 0.29) is 11.9 Å². The van der Waals surface area contributed by atoms with Crippen LogP contribution in [-0.2, 0) is 4.79 Å². The molecule has 0 spiro atoms. The summed E-state index contributed by atoms with van der Waals surface area (Å²) in [7, 11) is 0. The summed E-state index contributed by atoms with van der Waals surface area (Å²) >= 11 is 1.38. The quantitative estimate of drug-likeness (QED) is 0.520. The van der Waals surface area contributed by atoms with Crippen LogP contribution >= 0.6 is 11.8 Å². The van der Waals surface area contributed by atoms with Crippen molar-refractivity contribution < 1.29 is 4.79 Å². The van der Waals surface area contributed by atoms with Gasteiger partial charge in [0.2, 0.25) is 5.91 Å². The van der Waals surface area contributed by atoms with Crippen molar-refractivity contribution in [1.29, 1.82) is 0 Å². The maximum Gasteiger partial charge on any atom is 0.230 e. The molecule has 0 saturated heterocycles. The standard InChI is InChI=1S/C19H20N6OS/c1-3-13(2)20-17(26)12-27-19-22-21-18-16-11-15(14-7-5-4-6-8-14)23-25(16)10-9-24(18)19/h4-11,13H,3,12H2,1-2H3,(H,20,26). The Kier molecular flexibility index (Phi) is 4.81. The fraction of sp³-hybridized carbons (Fsp3) is 0.263. The van der Waals surface area contributed by atoms with E-state index in [0.717, 1.165) is 28.8 Å². The van der Waals surface area contributed by atoms with Gasteiger partial charge in [0.05, 0.1) is 11.4 Å². The van der Waals surface area contributed by atoms with Gasteiger partial charge in [0, 0.05) is 24.0 Å². The number of aromatic nitrogens is 5. The van der Waals surface area contributed by atoms with Crippen molar-refractivity contribution in [3.05, 3.63) is 48.8 Å². The number of amides is 1. The molecule has 0 fully saturated rings. The number of hydrogen-bond donors (Lipinski definition) is 1. The highest BCUT2D eigenvalue weighted by Crippen LogP contribution is 2.24. The molecular formula is C19H20N6OS. The lowest BCUT2D eigenvalue weighted by molar-refractivity contribution is -0.119. The van der Waals surface area contributed by atoms with Gasteiger partial charge < -0.3 is 5.32 Å². The minimum absolute atomic E-state index is 0.00268. The van der Waals surface area contributed by atoms with Crippen LogP contribution in [0.1, 0.15) is 20.3 Å². The Labute approximate surface area is 160 Å². The molecule has 0 bridgehead atoms. The topological polar surface area (TPSA) is 76.6 Å². The number of hydrogen-bond acceptors (Lipinski definition) is 5. The van der Waals surface area contributed by atoms with Crippen LogP contribution in [0.5, 0.6) is 0 Å². The molecule has 7 nitrogen and oxygen atoms in total. The van der Waals surface area contributed by atoms with Crippen molar-refractivity contribution in [2.45, 2.75) is 31.5 Å². The summed E-state index contributed by atoms with van der Waals surface area (Å²) in [6, 6.07) is 12.2. The lowest BCUT2D eigenvalue weighted by Gasteiger charge is -2.10. The number of fused-ring (bicyclic) bond motifs is 3. The molecule has 0 aliphatic carbocycles. The number of carbonyl (C=O) groups is 1. The maximum atomic E-state index is 12.0. The van der Waals surface area contributed by atoms with E-state index in [1.165, 1.54) is 11.8 Å². The predicted octanol–water partition coefficient (Wildman–Crippen LogP) is 3.05. The maximum absolute atomic E-state index is 12.0. The van der Waals surface area contributed by atoms with Crippen LogP contribution in [0.15, 0.2) is 53.9 Å². The van der Waals surface area contributed by atoms with E-state index in [2.05, 4.69) is 20.6 Å². The molecule has 138 valence electrons. The second-order valence-corrected chi connectivity index (χ2v) is 7.31. The number of carbonyl (C=O) groups excluding carboxylic acids is 1. The third-order valence-corrected chi connectivity index (χ3v) is 5.35. The van der Waals surface area contributed by atoms with Gasteiger partial charge in [-0.15, -0.1) is 10.2 Å². The zero-order valence-electron chi connectivity index (χ0n) is 15.2. The monoisotopic (exact) mass is 380 g/mol. The van der Waals surface area contributed by atoms with Crippen molar-refractivity contribution in [3.8, 4) is 11.3 Å². The average Bonchev–Trinajstić information content (AvgIpc) is 3.30. The molecule has 0 radical (unpaired) electrons. The smallest absolute Gasteiger partial charge is 0.230 e. The van der Waals surface area contributed by atoms with E-state index in [1.54, 1.807) is 4.52 Å². The molecule has 1 unspecified atom stereocenters. The van der Waals surface area contributed by atoms with E-state index >= 15 is 0 Å². The summed E-state index contributed by atoms with van der Waals surface area (Å²) in [6.45, 7) is 4.04. The Balaban J connectivity index is 1.61. The van der Waals surface area contributed by atoms with Gasteiger partial charge in [-0.05, 0) is 19.4 Å². The summed E-state index contributed by atoms with van der Waals surface area (Å²) in [5.41, 5.74) is 3.53. The third-order valence-electron chi connectivity index (χ3n) is 4.41. The molecule has 0 saturated carbocycles. The van der Waals surface area contributed by atoms with Gasteiger partial charge in [0.1, 0.15) is 5.52 Å². The number of benzene rings is 1. The molecule has 8 heteroatoms. The van der Waals surface area contributed by atoms with Crippen molar-refractivity contribution in [3.63, 3.8) is 0 Å². The second kappa shape index (κ2) is 7.40. The lowest BCUT2D eigenvalue weighted by atomic mass is 10.1. The van der Waals surface area contributed by atoms with Crippen LogP contribution < -0.4 is 5.32 Å². The van der Waals surface area contributed by atoms with E-state index < -0.39 is 0 Å². The van der Waals surface area contributed by atoms with E-state index in [1.807, 2.05) is 67.0 Å². The molecule has 1 N–H and O–H groups in total. The molecule has 3 heterocycles. The molecule has 1 aromatic carbocycles. The number of rotatable bonds is 6. The largest absolute Gasteiger partial charge is 0.353 e. The van der Waals surface area contributed by atoms with Crippen molar-refractivity contribution >= 4 is 28.8 Å². The van der Waals surface area contributed by atoms with Gasteiger partial charge >= 0.3 is 0 Å². The van der Waals surface area contributed by atoms with Crippen LogP contribution in [0.4, 0.5) is 0 Å². The van der Waals surface area contributed by atoms with Gasteiger partial charge in [0.15, 0.2) is 10.8 Å². The highest BCUT2D eigenvalue weighted by atomic mass is 32.2. The van der Waals surface area contributed by atoms with Crippen molar-refractivity contribution in [2.24, 2.45) is 0 Å². The molecule has 0 aliphatic heterocycles. The Hall–Kier alpha value is -2.87. The first-order valence-corrected chi connectivity index (χ1v) is 9.85. The molecule has 4 rings (SSSR count). The second-order valence-electron chi connectivity index (χ2n) is 6.37. The Morgan fingerprint density at radius 1 is 1.22 bits per heavy atom. The Morgan fingerprint density at radius 2 is 2.04 bits per heavy atom. The zero-order valence-corrected chi connectivity index (χ0v) is 16.0. The predicted molar refractivity (Wildman–Crippen MR) is 106 cm³/mol. The molecule has 1 amide bonds. The first kappa shape index (κ1) is 17.5. The van der Waals surface area contributed by atoms with Crippen LogP contribution in [0, 0.1) is 0 Å². The normalized spacial score (nSPS) is 12.5. The molecule has 27 heavy (non-hydrogen) atoms. The van der Waals surface area contributed by atoms with E-state index in [4.69, 9.17) is 0 Å². The van der Waals surface area contributed by atoms with Gasteiger partial charge in [-0.25, -0.2) is 4.52 Å². The summed E-state index contributed by atoms with van der Waals surface area (Å²) < 4.78 is 3.70. The van der Waals surface area contributed by atoms with Gasteiger partial charge in [-0.1, -0.05) is 49.0 Å². The highest BCUT2D eigenvalue weighted by Gasteiger charge is 2.14. The zero-order chi connectivity index (χ0) is 18.8. The first-order chi connectivity index (χ1) is 13.2. The van der Waals surface area contributed by atoms with Crippen LogP contribution in [0.2, 0.25) is 0 Å². The van der Waals surface area contributed by atoms with E-state index in [0.29, 0.717) is 10.9 Å². The first-order valence-electron chi connectivity index (χ1n) is 8.86. The fourth-order valence-electron chi connectivity index (χ4n) is 2.79. The molecule has 0 aliphatic rings. The minimum atomic E-state index is 0.00268. The van der Waals surface area contributed by atoms with Crippen molar-refractivity contribution in [1.82, 2.24) is 29.5 Å². The lowest BCUT2D eigenvalue weighted by Crippen LogP contribution is -2.33. The van der Waals surface area contributed by atoms with Crippen LogP contribution in [0.3, 0.4) is 0 Å². The Bertz CT molecular complexity index is 1090. The minimum Gasteiger partial charge on any atom is -0.353 e. The SMILES string of the molecule is CCC(C)NC(=O)CSc1nnc2c3cc(-c4ccccc4)nn3ccn12. The van der Waals surface area contributed by atoms with Crippen molar-refractivity contribution in [2.75, 3.05) is 5.75 Å². The third kappa shape index (κ3) is 3.52. The number of thioether (sulfide) groups is 1. The highest BCUT2D eigenvalue weighted by molar-refractivity contribution is 7.99. The number of nitrogens with zero attached hydrogens (tertiary/aromatic N) is 5. The molecule has 1 atom stereocenters. The van der Waals surface area contributed by atoms with Gasteiger partial charge in [-0.2, -0.15) is 5.10 Å². The summed E-state index contributed by atoms with van der Waals surface area (Å²) in [5.74, 6) is 0.313. The number of nitrogens with one attached hydrogen (secondary N) is 1. The average molecular weight is 380 g/mol. The van der Waals surface area contributed by atoms with Crippen LogP contribution in [-0.4, -0.2) is 41.9 Å². The fourth-order valence-corrected chi connectivity index (χ4v) is 3.52. The van der Waals surface area contributed by atoms with E-state index in [9.17, 15) is 4.79 Å². The molecule has 4 aromatic rings. The van der Waals surface area contributed by atoms with Gasteiger partial charge in [0.25, 0.3) is 0 Å². The summed E-state index contributed by atoms with van der Waals surface area (Å²) in [5, 5.41) is 16.8. The molecular weight excluding hydrogens is 360 g/mol. The van der Waals surface area contributed by atoms with Gasteiger partial charge in [-0.3, -0.25) is 9.20 Å². The summed E-state index contributed by atoms with van der Waals surface area (Å²) in [4.78, 5) is 12.0.